The van der Waals surface area contributed by atoms with Gasteiger partial charge < -0.3 is 14.4 Å². The SMILES string of the molecule is CCOC(=O)NC(=O)COC(=O)c1ccccc1SCC(=O)N1CCCC1. The first-order valence-electron chi connectivity index (χ1n) is 8.64. The highest BCUT2D eigenvalue weighted by molar-refractivity contribution is 8.00. The molecular formula is C18H22N2O6S. The zero-order valence-corrected chi connectivity index (χ0v) is 15.9. The van der Waals surface area contributed by atoms with Gasteiger partial charge in [0.25, 0.3) is 5.91 Å². The molecule has 146 valence electrons. The van der Waals surface area contributed by atoms with Crippen LogP contribution < -0.4 is 5.32 Å². The van der Waals surface area contributed by atoms with Crippen LogP contribution >= 0.6 is 11.8 Å². The Bertz CT molecular complexity index is 703. The first-order valence-corrected chi connectivity index (χ1v) is 9.63. The number of rotatable bonds is 7. The molecule has 0 aromatic heterocycles. The van der Waals surface area contributed by atoms with Crippen molar-refractivity contribution < 1.29 is 28.7 Å². The van der Waals surface area contributed by atoms with E-state index in [0.717, 1.165) is 25.9 Å². The average Bonchev–Trinajstić information content (AvgIpc) is 3.19. The van der Waals surface area contributed by atoms with E-state index in [1.807, 2.05) is 10.2 Å². The second kappa shape index (κ2) is 10.6. The van der Waals surface area contributed by atoms with Gasteiger partial charge in [-0.1, -0.05) is 12.1 Å². The molecule has 1 aliphatic rings. The number of amides is 3. The molecule has 1 fully saturated rings. The Kier molecular flexibility index (Phi) is 8.12. The molecule has 0 unspecified atom stereocenters. The Morgan fingerprint density at radius 3 is 2.52 bits per heavy atom. The van der Waals surface area contributed by atoms with Crippen molar-refractivity contribution in [2.45, 2.75) is 24.7 Å². The Hall–Kier alpha value is -2.55. The number of hydrogen-bond donors (Lipinski definition) is 1. The highest BCUT2D eigenvalue weighted by Crippen LogP contribution is 2.24. The molecule has 0 aliphatic carbocycles. The molecule has 1 saturated heterocycles. The second-order valence-corrected chi connectivity index (χ2v) is 6.73. The zero-order chi connectivity index (χ0) is 19.6. The summed E-state index contributed by atoms with van der Waals surface area (Å²) in [5.74, 6) is -1.22. The number of esters is 1. The van der Waals surface area contributed by atoms with Gasteiger partial charge in [-0.15, -0.1) is 11.8 Å². The number of nitrogens with one attached hydrogen (secondary N) is 1. The van der Waals surface area contributed by atoms with Crippen LogP contribution in [0.2, 0.25) is 0 Å². The van der Waals surface area contributed by atoms with Gasteiger partial charge in [-0.05, 0) is 31.9 Å². The topological polar surface area (TPSA) is 102 Å². The Morgan fingerprint density at radius 2 is 1.81 bits per heavy atom. The number of alkyl carbamates (subject to hydrolysis) is 1. The lowest BCUT2D eigenvalue weighted by Crippen LogP contribution is -2.34. The van der Waals surface area contributed by atoms with Gasteiger partial charge in [-0.25, -0.2) is 9.59 Å². The summed E-state index contributed by atoms with van der Waals surface area (Å²) in [7, 11) is 0. The molecule has 0 spiro atoms. The second-order valence-electron chi connectivity index (χ2n) is 5.72. The van der Waals surface area contributed by atoms with Crippen molar-refractivity contribution in [2.24, 2.45) is 0 Å². The molecule has 2 rings (SSSR count). The summed E-state index contributed by atoms with van der Waals surface area (Å²) in [5, 5.41) is 1.94. The summed E-state index contributed by atoms with van der Waals surface area (Å²) < 4.78 is 9.52. The Labute approximate surface area is 161 Å². The van der Waals surface area contributed by atoms with Gasteiger partial charge in [-0.2, -0.15) is 0 Å². The molecular weight excluding hydrogens is 372 g/mol. The van der Waals surface area contributed by atoms with Crippen molar-refractivity contribution in [2.75, 3.05) is 32.1 Å². The van der Waals surface area contributed by atoms with E-state index in [2.05, 4.69) is 4.74 Å². The van der Waals surface area contributed by atoms with E-state index >= 15 is 0 Å². The molecule has 0 saturated carbocycles. The molecule has 1 heterocycles. The van der Waals surface area contributed by atoms with Crippen molar-refractivity contribution in [3.8, 4) is 0 Å². The van der Waals surface area contributed by atoms with Crippen LogP contribution in [0, 0.1) is 0 Å². The fourth-order valence-corrected chi connectivity index (χ4v) is 3.43. The van der Waals surface area contributed by atoms with Crippen molar-refractivity contribution in [1.82, 2.24) is 10.2 Å². The zero-order valence-electron chi connectivity index (χ0n) is 15.1. The maximum Gasteiger partial charge on any atom is 0.413 e. The van der Waals surface area contributed by atoms with E-state index in [1.165, 1.54) is 11.8 Å². The number of nitrogens with zero attached hydrogens (tertiary/aromatic N) is 1. The monoisotopic (exact) mass is 394 g/mol. The molecule has 0 radical (unpaired) electrons. The minimum absolute atomic E-state index is 0.0366. The van der Waals surface area contributed by atoms with Crippen LogP contribution in [-0.2, 0) is 19.1 Å². The van der Waals surface area contributed by atoms with Crippen LogP contribution in [0.15, 0.2) is 29.2 Å². The van der Waals surface area contributed by atoms with Gasteiger partial charge in [-0.3, -0.25) is 14.9 Å². The van der Waals surface area contributed by atoms with Gasteiger partial charge in [0.05, 0.1) is 17.9 Å². The fourth-order valence-electron chi connectivity index (χ4n) is 2.48. The van der Waals surface area contributed by atoms with Crippen molar-refractivity contribution >= 4 is 35.6 Å². The number of thioether (sulfide) groups is 1. The standard InChI is InChI=1S/C18H22N2O6S/c1-2-25-18(24)19-15(21)11-26-17(23)13-7-3-4-8-14(13)27-12-16(22)20-9-5-6-10-20/h3-4,7-8H,2,5-6,9-12H2,1H3,(H,19,21,24). The van der Waals surface area contributed by atoms with E-state index in [9.17, 15) is 19.2 Å². The van der Waals surface area contributed by atoms with Gasteiger partial charge in [0.1, 0.15) is 0 Å². The number of carbonyl (C=O) groups excluding carboxylic acids is 4. The minimum atomic E-state index is -0.894. The number of likely N-dealkylation sites (tertiary alicyclic amines) is 1. The Morgan fingerprint density at radius 1 is 1.11 bits per heavy atom. The van der Waals surface area contributed by atoms with Gasteiger partial charge in [0, 0.05) is 18.0 Å². The molecule has 0 bridgehead atoms. The van der Waals surface area contributed by atoms with E-state index in [-0.39, 0.29) is 23.8 Å². The van der Waals surface area contributed by atoms with Crippen molar-refractivity contribution in [3.63, 3.8) is 0 Å². The number of ether oxygens (including phenoxy) is 2. The molecule has 1 aromatic carbocycles. The molecule has 27 heavy (non-hydrogen) atoms. The van der Waals surface area contributed by atoms with Gasteiger partial charge in [0.2, 0.25) is 5.91 Å². The molecule has 8 nitrogen and oxygen atoms in total. The maximum absolute atomic E-state index is 12.3. The molecule has 3 amide bonds. The van der Waals surface area contributed by atoms with Crippen LogP contribution in [0.3, 0.4) is 0 Å². The number of hydrogen-bond acceptors (Lipinski definition) is 7. The summed E-state index contributed by atoms with van der Waals surface area (Å²) in [6.07, 6.45) is 1.15. The summed E-state index contributed by atoms with van der Waals surface area (Å²) in [6, 6.07) is 6.71. The molecule has 9 heteroatoms. The van der Waals surface area contributed by atoms with Gasteiger partial charge >= 0.3 is 12.1 Å². The van der Waals surface area contributed by atoms with Crippen LogP contribution in [-0.4, -0.2) is 60.8 Å². The predicted octanol–water partition coefficient (Wildman–Crippen LogP) is 1.83. The van der Waals surface area contributed by atoms with Crippen LogP contribution in [0.25, 0.3) is 0 Å². The van der Waals surface area contributed by atoms with Gasteiger partial charge in [0.15, 0.2) is 6.61 Å². The van der Waals surface area contributed by atoms with E-state index in [0.29, 0.717) is 4.90 Å². The highest BCUT2D eigenvalue weighted by atomic mass is 32.2. The molecule has 1 N–H and O–H groups in total. The molecule has 1 aliphatic heterocycles. The average molecular weight is 394 g/mol. The fraction of sp³-hybridized carbons (Fsp3) is 0.444. The third kappa shape index (κ3) is 6.59. The molecule has 1 aromatic rings. The van der Waals surface area contributed by atoms with Crippen molar-refractivity contribution in [3.05, 3.63) is 29.8 Å². The van der Waals surface area contributed by atoms with Crippen LogP contribution in [0.1, 0.15) is 30.1 Å². The van der Waals surface area contributed by atoms with Crippen molar-refractivity contribution in [1.29, 1.82) is 0 Å². The lowest BCUT2D eigenvalue weighted by atomic mass is 10.2. The Balaban J connectivity index is 1.87. The third-order valence-corrected chi connectivity index (χ3v) is 4.83. The summed E-state index contributed by atoms with van der Waals surface area (Å²) >= 11 is 1.26. The van der Waals surface area contributed by atoms with E-state index < -0.39 is 24.6 Å². The van der Waals surface area contributed by atoms with E-state index in [1.54, 1.807) is 31.2 Å². The maximum atomic E-state index is 12.3. The minimum Gasteiger partial charge on any atom is -0.452 e. The highest BCUT2D eigenvalue weighted by Gasteiger charge is 2.20. The summed E-state index contributed by atoms with van der Waals surface area (Å²) in [6.45, 7) is 2.67. The first kappa shape index (κ1) is 20.8. The summed E-state index contributed by atoms with van der Waals surface area (Å²) in [4.78, 5) is 49.5. The smallest absolute Gasteiger partial charge is 0.413 e. The lowest BCUT2D eigenvalue weighted by Gasteiger charge is -2.15. The summed E-state index contributed by atoms with van der Waals surface area (Å²) in [5.41, 5.74) is 0.264. The predicted molar refractivity (Wildman–Crippen MR) is 98.4 cm³/mol. The van der Waals surface area contributed by atoms with Crippen LogP contribution in [0.5, 0.6) is 0 Å². The number of benzene rings is 1. The third-order valence-electron chi connectivity index (χ3n) is 3.77. The normalized spacial score (nSPS) is 13.1. The van der Waals surface area contributed by atoms with Crippen LogP contribution in [0.4, 0.5) is 4.79 Å². The first-order chi connectivity index (χ1) is 13.0. The number of imide groups is 1. The quantitative estimate of drug-likeness (QED) is 0.556. The lowest BCUT2D eigenvalue weighted by molar-refractivity contribution is -0.127. The van der Waals surface area contributed by atoms with E-state index in [4.69, 9.17) is 4.74 Å². The number of carbonyl (C=O) groups is 4. The molecule has 0 atom stereocenters. The largest absolute Gasteiger partial charge is 0.452 e.